The Balaban J connectivity index is 1.51. The predicted octanol–water partition coefficient (Wildman–Crippen LogP) is 4.45. The highest BCUT2D eigenvalue weighted by atomic mass is 16.5. The third-order valence-electron chi connectivity index (χ3n) is 6.47. The van der Waals surface area contributed by atoms with Gasteiger partial charge in [-0.15, -0.1) is 0 Å². The first-order chi connectivity index (χ1) is 16.5. The summed E-state index contributed by atoms with van der Waals surface area (Å²) in [6.07, 6.45) is 9.44. The molecule has 172 valence electrons. The first kappa shape index (κ1) is 20.4. The van der Waals surface area contributed by atoms with Gasteiger partial charge in [0.25, 0.3) is 0 Å². The van der Waals surface area contributed by atoms with E-state index in [9.17, 15) is 15.0 Å². The van der Waals surface area contributed by atoms with E-state index < -0.39 is 5.78 Å². The number of Topliss-reactive ketones (excluding diaryl/α,β-unsaturated/α-hetero) is 1. The molecule has 0 amide bonds. The van der Waals surface area contributed by atoms with E-state index in [-0.39, 0.29) is 28.6 Å². The second-order valence-electron chi connectivity index (χ2n) is 8.69. The van der Waals surface area contributed by atoms with Crippen LogP contribution >= 0.6 is 0 Å². The minimum atomic E-state index is -0.406. The van der Waals surface area contributed by atoms with Crippen molar-refractivity contribution in [2.75, 3.05) is 7.11 Å². The highest BCUT2D eigenvalue weighted by Gasteiger charge is 2.35. The van der Waals surface area contributed by atoms with Gasteiger partial charge in [0, 0.05) is 59.8 Å². The van der Waals surface area contributed by atoms with Crippen LogP contribution in [0.15, 0.2) is 54.8 Å². The number of allylic oxidation sites excluding steroid dienone is 1. The first-order valence-electron chi connectivity index (χ1n) is 11.2. The summed E-state index contributed by atoms with van der Waals surface area (Å²) in [5.74, 6) is 0.532. The number of phenols is 2. The van der Waals surface area contributed by atoms with E-state index in [2.05, 4.69) is 9.55 Å². The summed E-state index contributed by atoms with van der Waals surface area (Å²) in [6.45, 7) is 1.51. The third kappa shape index (κ3) is 3.30. The normalized spacial score (nSPS) is 16.3. The monoisotopic (exact) mass is 457 g/mol. The molecule has 1 aliphatic carbocycles. The largest absolute Gasteiger partial charge is 0.508 e. The second-order valence-corrected chi connectivity index (χ2v) is 8.69. The van der Waals surface area contributed by atoms with Gasteiger partial charge in [0.05, 0.1) is 13.4 Å². The quantitative estimate of drug-likeness (QED) is 0.415. The van der Waals surface area contributed by atoms with Crippen LogP contribution in [0.3, 0.4) is 0 Å². The molecule has 8 nitrogen and oxygen atoms in total. The van der Waals surface area contributed by atoms with Gasteiger partial charge in [0.2, 0.25) is 5.78 Å². The summed E-state index contributed by atoms with van der Waals surface area (Å²) < 4.78 is 15.7. The predicted molar refractivity (Wildman–Crippen MR) is 125 cm³/mol. The number of rotatable bonds is 6. The Morgan fingerprint density at radius 1 is 1.21 bits per heavy atom. The average Bonchev–Trinajstić information content (AvgIpc) is 3.29. The number of nitrogens with zero attached hydrogens (tertiary/aromatic N) is 3. The summed E-state index contributed by atoms with van der Waals surface area (Å²) in [5, 5.41) is 21.0. The number of aryl methyl sites for hydroxylation is 2. The van der Waals surface area contributed by atoms with Gasteiger partial charge in [-0.2, -0.15) is 0 Å². The number of phenolic OH excluding ortho intramolecular Hbond substituents is 2. The zero-order chi connectivity index (χ0) is 23.4. The van der Waals surface area contributed by atoms with Crippen molar-refractivity contribution in [1.82, 2.24) is 14.1 Å². The maximum atomic E-state index is 13.1. The SMILES string of the molecule is COc1ccc2c(c1)c(/C=C1\Oc3cc(O)cc(O)c3C1=O)c(C1CC1)n2CCn1ccnc1. The third-order valence-corrected chi connectivity index (χ3v) is 6.47. The zero-order valence-electron chi connectivity index (χ0n) is 18.6. The van der Waals surface area contributed by atoms with Crippen LogP contribution in [0.1, 0.15) is 40.4 Å². The summed E-state index contributed by atoms with van der Waals surface area (Å²) in [5.41, 5.74) is 3.20. The molecule has 0 atom stereocenters. The molecule has 2 aliphatic rings. The van der Waals surface area contributed by atoms with E-state index in [0.29, 0.717) is 5.92 Å². The van der Waals surface area contributed by atoms with Gasteiger partial charge in [-0.05, 0) is 43.0 Å². The average molecular weight is 457 g/mol. The number of ether oxygens (including phenoxy) is 2. The number of methoxy groups -OCH3 is 1. The maximum absolute atomic E-state index is 13.1. The van der Waals surface area contributed by atoms with Gasteiger partial charge in [-0.1, -0.05) is 0 Å². The van der Waals surface area contributed by atoms with E-state index in [1.54, 1.807) is 25.7 Å². The van der Waals surface area contributed by atoms with Gasteiger partial charge >= 0.3 is 0 Å². The van der Waals surface area contributed by atoms with Crippen molar-refractivity contribution in [3.63, 3.8) is 0 Å². The molecule has 8 heteroatoms. The van der Waals surface area contributed by atoms with Gasteiger partial charge in [0.15, 0.2) is 5.76 Å². The Morgan fingerprint density at radius 2 is 2.06 bits per heavy atom. The molecular weight excluding hydrogens is 434 g/mol. The summed E-state index contributed by atoms with van der Waals surface area (Å²) >= 11 is 0. The van der Waals surface area contributed by atoms with Crippen LogP contribution in [0.25, 0.3) is 17.0 Å². The summed E-state index contributed by atoms with van der Waals surface area (Å²) in [7, 11) is 1.63. The molecule has 34 heavy (non-hydrogen) atoms. The van der Waals surface area contributed by atoms with Gasteiger partial charge < -0.3 is 28.8 Å². The van der Waals surface area contributed by atoms with Crippen molar-refractivity contribution >= 4 is 22.8 Å². The van der Waals surface area contributed by atoms with E-state index >= 15 is 0 Å². The standard InChI is InChI=1S/C26H23N3O5/c1-33-17-4-5-20-18(12-17)19(13-23-26(32)24-21(31)10-16(30)11-22(24)34-23)25(15-2-3-15)29(20)9-8-28-7-6-27-14-28/h4-7,10-15,30-31H,2-3,8-9H2,1H3/b23-13-. The molecule has 0 bridgehead atoms. The number of imidazole rings is 1. The molecule has 1 saturated carbocycles. The van der Waals surface area contributed by atoms with E-state index in [1.165, 1.54) is 6.07 Å². The number of hydrogen-bond donors (Lipinski definition) is 2. The molecule has 2 aromatic carbocycles. The lowest BCUT2D eigenvalue weighted by Crippen LogP contribution is -2.09. The Labute approximate surface area is 195 Å². The van der Waals surface area contributed by atoms with Crippen molar-refractivity contribution in [1.29, 1.82) is 0 Å². The van der Waals surface area contributed by atoms with Crippen molar-refractivity contribution < 1.29 is 24.5 Å². The highest BCUT2D eigenvalue weighted by Crippen LogP contribution is 2.47. The minimum Gasteiger partial charge on any atom is -0.508 e. The molecule has 0 spiro atoms. The number of fused-ring (bicyclic) bond motifs is 2. The number of hydrogen-bond acceptors (Lipinski definition) is 6. The molecule has 1 aliphatic heterocycles. The van der Waals surface area contributed by atoms with Gasteiger partial charge in [-0.3, -0.25) is 4.79 Å². The smallest absolute Gasteiger partial charge is 0.235 e. The molecule has 3 heterocycles. The molecule has 1 fully saturated rings. The minimum absolute atomic E-state index is 0.0680. The van der Waals surface area contributed by atoms with Crippen LogP contribution in [-0.4, -0.2) is 37.2 Å². The fourth-order valence-electron chi connectivity index (χ4n) is 4.74. The van der Waals surface area contributed by atoms with E-state index in [1.807, 2.05) is 29.0 Å². The van der Waals surface area contributed by atoms with E-state index in [0.717, 1.165) is 59.9 Å². The van der Waals surface area contributed by atoms with Crippen molar-refractivity contribution in [3.05, 3.63) is 71.6 Å². The highest BCUT2D eigenvalue weighted by molar-refractivity contribution is 6.17. The van der Waals surface area contributed by atoms with Crippen molar-refractivity contribution in [2.24, 2.45) is 0 Å². The first-order valence-corrected chi connectivity index (χ1v) is 11.2. The second kappa shape index (κ2) is 7.69. The molecule has 2 N–H and O–H groups in total. The van der Waals surface area contributed by atoms with Crippen LogP contribution in [-0.2, 0) is 13.1 Å². The topological polar surface area (TPSA) is 98.7 Å². The molecule has 0 unspecified atom stereocenters. The lowest BCUT2D eigenvalue weighted by molar-refractivity contribution is 0.101. The van der Waals surface area contributed by atoms with Crippen LogP contribution in [0, 0.1) is 0 Å². The van der Waals surface area contributed by atoms with Crippen LogP contribution < -0.4 is 9.47 Å². The molecule has 2 aromatic heterocycles. The van der Waals surface area contributed by atoms with E-state index in [4.69, 9.17) is 9.47 Å². The molecule has 0 radical (unpaired) electrons. The molecular formula is C26H23N3O5. The summed E-state index contributed by atoms with van der Waals surface area (Å²) in [6, 6.07) is 8.46. The Morgan fingerprint density at radius 3 is 2.79 bits per heavy atom. The molecule has 6 rings (SSSR count). The Kier molecular flexibility index (Phi) is 4.62. The van der Waals surface area contributed by atoms with Crippen molar-refractivity contribution in [3.8, 4) is 23.0 Å². The zero-order valence-corrected chi connectivity index (χ0v) is 18.6. The van der Waals surface area contributed by atoms with Crippen molar-refractivity contribution in [2.45, 2.75) is 31.8 Å². The lowest BCUT2D eigenvalue weighted by atomic mass is 10.0. The van der Waals surface area contributed by atoms with Crippen LogP contribution in [0.2, 0.25) is 0 Å². The van der Waals surface area contributed by atoms with Gasteiger partial charge in [-0.25, -0.2) is 4.98 Å². The Hall–Kier alpha value is -4.20. The lowest BCUT2D eigenvalue weighted by Gasteiger charge is -2.12. The number of ketones is 1. The number of carbonyl (C=O) groups is 1. The maximum Gasteiger partial charge on any atom is 0.235 e. The fraction of sp³-hybridized carbons (Fsp3) is 0.231. The molecule has 4 aromatic rings. The number of benzene rings is 2. The van der Waals surface area contributed by atoms with Crippen LogP contribution in [0.5, 0.6) is 23.0 Å². The fourth-order valence-corrected chi connectivity index (χ4v) is 4.74. The number of carbonyl (C=O) groups excluding carboxylic acids is 1. The van der Waals surface area contributed by atoms with Crippen LogP contribution in [0.4, 0.5) is 0 Å². The summed E-state index contributed by atoms with van der Waals surface area (Å²) in [4.78, 5) is 17.2. The number of aromatic hydroxyl groups is 2. The number of aromatic nitrogens is 3. The molecule has 0 saturated heterocycles. The Bertz CT molecular complexity index is 1460. The van der Waals surface area contributed by atoms with Gasteiger partial charge in [0.1, 0.15) is 28.6 Å².